The highest BCUT2D eigenvalue weighted by Crippen LogP contribution is 2.28. The van der Waals surface area contributed by atoms with Gasteiger partial charge in [0.25, 0.3) is 0 Å². The highest BCUT2D eigenvalue weighted by Gasteiger charge is 2.30. The molecule has 17 heavy (non-hydrogen) atoms. The van der Waals surface area contributed by atoms with E-state index in [0.29, 0.717) is 24.2 Å². The molecule has 0 bridgehead atoms. The maximum Gasteiger partial charge on any atom is 0.417 e. The number of nitrogens with zero attached hydrogens (tertiary/aromatic N) is 1. The molecule has 1 aromatic rings. The van der Waals surface area contributed by atoms with Gasteiger partial charge in [-0.15, -0.1) is 11.6 Å². The van der Waals surface area contributed by atoms with Gasteiger partial charge < -0.3 is 5.32 Å². The number of hydrogen-bond donors (Lipinski definition) is 1. The summed E-state index contributed by atoms with van der Waals surface area (Å²) in [5.74, 6) is 1.37. The fourth-order valence-corrected chi connectivity index (χ4v) is 1.61. The number of pyridine rings is 1. The van der Waals surface area contributed by atoms with Crippen molar-refractivity contribution in [3.8, 4) is 0 Å². The van der Waals surface area contributed by atoms with Crippen LogP contribution in [0.4, 0.5) is 19.0 Å². The van der Waals surface area contributed by atoms with Crippen LogP contribution in [0.5, 0.6) is 0 Å². The first-order chi connectivity index (χ1) is 7.93. The van der Waals surface area contributed by atoms with E-state index in [4.69, 9.17) is 11.6 Å². The summed E-state index contributed by atoms with van der Waals surface area (Å²) in [6.07, 6.45) is -2.65. The minimum atomic E-state index is -4.34. The normalized spacial score (nSPS) is 13.5. The number of alkyl halides is 4. The molecule has 0 aliphatic carbocycles. The second kappa shape index (κ2) is 6.10. The molecule has 1 N–H and O–H groups in total. The predicted octanol–water partition coefficient (Wildman–Crippen LogP) is 3.78. The quantitative estimate of drug-likeness (QED) is 0.821. The third-order valence-electron chi connectivity index (χ3n) is 2.32. The average Bonchev–Trinajstić information content (AvgIpc) is 2.26. The van der Waals surface area contributed by atoms with Crippen molar-refractivity contribution < 1.29 is 13.2 Å². The Morgan fingerprint density at radius 3 is 2.59 bits per heavy atom. The van der Waals surface area contributed by atoms with Gasteiger partial charge >= 0.3 is 6.18 Å². The second-order valence-corrected chi connectivity index (χ2v) is 4.27. The van der Waals surface area contributed by atoms with Crippen LogP contribution < -0.4 is 5.32 Å². The van der Waals surface area contributed by atoms with Gasteiger partial charge in [0.1, 0.15) is 5.82 Å². The van der Waals surface area contributed by atoms with E-state index in [1.807, 2.05) is 6.92 Å². The Bertz CT molecular complexity index is 338. The largest absolute Gasteiger partial charge is 0.417 e. The summed E-state index contributed by atoms with van der Waals surface area (Å²) in [7, 11) is 0. The van der Waals surface area contributed by atoms with Gasteiger partial charge in [0.15, 0.2) is 0 Å². The Morgan fingerprint density at radius 1 is 1.41 bits per heavy atom. The molecule has 0 spiro atoms. The monoisotopic (exact) mass is 266 g/mol. The number of nitrogens with one attached hydrogen (secondary N) is 1. The molecular formula is C11H14ClF3N2. The molecular weight excluding hydrogens is 253 g/mol. The molecule has 0 radical (unpaired) electrons. The van der Waals surface area contributed by atoms with Crippen molar-refractivity contribution in [2.45, 2.75) is 19.5 Å². The molecule has 0 saturated carbocycles. The van der Waals surface area contributed by atoms with E-state index in [1.165, 1.54) is 6.07 Å². The smallest absolute Gasteiger partial charge is 0.370 e. The number of rotatable bonds is 5. The van der Waals surface area contributed by atoms with Crippen LogP contribution in [0.2, 0.25) is 0 Å². The molecule has 2 nitrogen and oxygen atoms in total. The molecule has 0 aliphatic heterocycles. The van der Waals surface area contributed by atoms with E-state index in [0.717, 1.165) is 18.7 Å². The Hall–Kier alpha value is -0.970. The molecule has 1 aromatic heterocycles. The van der Waals surface area contributed by atoms with Gasteiger partial charge in [-0.3, -0.25) is 0 Å². The number of anilines is 1. The molecule has 0 saturated heterocycles. The molecule has 1 rings (SSSR count). The van der Waals surface area contributed by atoms with E-state index in [-0.39, 0.29) is 0 Å². The maximum absolute atomic E-state index is 12.3. The first kappa shape index (κ1) is 14.1. The summed E-state index contributed by atoms with van der Waals surface area (Å²) in [6, 6.07) is 2.35. The first-order valence-electron chi connectivity index (χ1n) is 5.26. The molecule has 0 fully saturated rings. The van der Waals surface area contributed by atoms with Crippen molar-refractivity contribution in [2.75, 3.05) is 17.7 Å². The van der Waals surface area contributed by atoms with Crippen molar-refractivity contribution in [3.05, 3.63) is 23.9 Å². The van der Waals surface area contributed by atoms with Crippen LogP contribution in [0.25, 0.3) is 0 Å². The zero-order valence-corrected chi connectivity index (χ0v) is 10.1. The molecule has 0 aliphatic rings. The van der Waals surface area contributed by atoms with Crippen LogP contribution in [-0.2, 0) is 6.18 Å². The van der Waals surface area contributed by atoms with Crippen LogP contribution >= 0.6 is 11.6 Å². The summed E-state index contributed by atoms with van der Waals surface area (Å²) in [5.41, 5.74) is -0.739. The summed E-state index contributed by atoms with van der Waals surface area (Å²) >= 11 is 5.58. The molecule has 0 aromatic carbocycles. The number of hydrogen-bond acceptors (Lipinski definition) is 2. The van der Waals surface area contributed by atoms with Crippen molar-refractivity contribution in [1.82, 2.24) is 4.98 Å². The van der Waals surface area contributed by atoms with Crippen molar-refractivity contribution in [3.63, 3.8) is 0 Å². The fraction of sp³-hybridized carbons (Fsp3) is 0.545. The highest BCUT2D eigenvalue weighted by molar-refractivity contribution is 6.17. The maximum atomic E-state index is 12.3. The van der Waals surface area contributed by atoms with Crippen LogP contribution in [0.3, 0.4) is 0 Å². The summed E-state index contributed by atoms with van der Waals surface area (Å²) in [4.78, 5) is 3.71. The third-order valence-corrected chi connectivity index (χ3v) is 2.54. The van der Waals surface area contributed by atoms with Crippen LogP contribution in [0.15, 0.2) is 18.3 Å². The molecule has 1 atom stereocenters. The minimum absolute atomic E-state index is 0.358. The van der Waals surface area contributed by atoms with Crippen molar-refractivity contribution in [2.24, 2.45) is 5.92 Å². The van der Waals surface area contributed by atoms with Crippen LogP contribution in [0.1, 0.15) is 18.9 Å². The van der Waals surface area contributed by atoms with Crippen molar-refractivity contribution >= 4 is 17.4 Å². The van der Waals surface area contributed by atoms with Gasteiger partial charge in [-0.2, -0.15) is 13.2 Å². The lowest BCUT2D eigenvalue weighted by atomic mass is 10.1. The molecule has 0 amide bonds. The Kier molecular flexibility index (Phi) is 5.05. The Balaban J connectivity index is 2.51. The zero-order chi connectivity index (χ0) is 12.9. The van der Waals surface area contributed by atoms with Gasteiger partial charge in [-0.25, -0.2) is 4.98 Å². The predicted molar refractivity (Wildman–Crippen MR) is 62.2 cm³/mol. The Morgan fingerprint density at radius 2 is 2.12 bits per heavy atom. The van der Waals surface area contributed by atoms with Gasteiger partial charge in [-0.05, 0) is 24.5 Å². The lowest BCUT2D eigenvalue weighted by Gasteiger charge is -2.12. The van der Waals surface area contributed by atoms with Gasteiger partial charge in [0.05, 0.1) is 5.56 Å². The highest BCUT2D eigenvalue weighted by atomic mass is 35.5. The molecule has 96 valence electrons. The molecule has 1 unspecified atom stereocenters. The third kappa shape index (κ3) is 4.81. The number of halogens is 4. The standard InChI is InChI=1S/C11H14ClF3N2/c1-8(4-5-12)6-16-10-3-2-9(7-17-10)11(13,14)15/h2-3,7-8H,4-6H2,1H3,(H,16,17). The SMILES string of the molecule is CC(CCCl)CNc1ccc(C(F)(F)F)cn1. The average molecular weight is 267 g/mol. The van der Waals surface area contributed by atoms with E-state index in [9.17, 15) is 13.2 Å². The van der Waals surface area contributed by atoms with Gasteiger partial charge in [0.2, 0.25) is 0 Å². The van der Waals surface area contributed by atoms with Gasteiger partial charge in [0, 0.05) is 18.6 Å². The zero-order valence-electron chi connectivity index (χ0n) is 9.39. The van der Waals surface area contributed by atoms with E-state index in [2.05, 4.69) is 10.3 Å². The molecule has 6 heteroatoms. The van der Waals surface area contributed by atoms with E-state index < -0.39 is 11.7 Å². The lowest BCUT2D eigenvalue weighted by molar-refractivity contribution is -0.137. The number of aromatic nitrogens is 1. The topological polar surface area (TPSA) is 24.9 Å². The minimum Gasteiger partial charge on any atom is -0.370 e. The summed E-state index contributed by atoms with van der Waals surface area (Å²) in [6.45, 7) is 2.66. The summed E-state index contributed by atoms with van der Waals surface area (Å²) in [5, 5.41) is 2.97. The van der Waals surface area contributed by atoms with Crippen LogP contribution in [-0.4, -0.2) is 17.4 Å². The van der Waals surface area contributed by atoms with Crippen molar-refractivity contribution in [1.29, 1.82) is 0 Å². The van der Waals surface area contributed by atoms with Crippen LogP contribution in [0, 0.1) is 5.92 Å². The Labute approximate surface area is 103 Å². The molecule has 1 heterocycles. The fourth-order valence-electron chi connectivity index (χ4n) is 1.23. The summed E-state index contributed by atoms with van der Waals surface area (Å²) < 4.78 is 36.8. The van der Waals surface area contributed by atoms with E-state index >= 15 is 0 Å². The second-order valence-electron chi connectivity index (χ2n) is 3.89. The first-order valence-corrected chi connectivity index (χ1v) is 5.80. The van der Waals surface area contributed by atoms with E-state index in [1.54, 1.807) is 0 Å². The van der Waals surface area contributed by atoms with Gasteiger partial charge in [-0.1, -0.05) is 6.92 Å². The lowest BCUT2D eigenvalue weighted by Crippen LogP contribution is -2.13.